The molecule has 0 spiro atoms. The topological polar surface area (TPSA) is 89.2 Å². The number of nitrogens with two attached hydrogens (primary N) is 1. The Labute approximate surface area is 180 Å². The molecule has 0 saturated carbocycles. The average Bonchev–Trinajstić information content (AvgIpc) is 2.78. The average molecular weight is 420 g/mol. The van der Waals surface area contributed by atoms with E-state index in [0.29, 0.717) is 54.0 Å². The van der Waals surface area contributed by atoms with Crippen molar-refractivity contribution in [3.63, 3.8) is 0 Å². The van der Waals surface area contributed by atoms with Gasteiger partial charge in [-0.05, 0) is 47.9 Å². The first-order valence-electron chi connectivity index (χ1n) is 10.1. The van der Waals surface area contributed by atoms with Gasteiger partial charge >= 0.3 is 0 Å². The number of carbonyl (C=O) groups is 2. The number of nitrogens with zero attached hydrogens (tertiary/aromatic N) is 3. The molecule has 0 unspecified atom stereocenters. The van der Waals surface area contributed by atoms with E-state index in [-0.39, 0.29) is 11.7 Å². The molecule has 3 rings (SSSR count). The lowest BCUT2D eigenvalue weighted by molar-refractivity contribution is -0.130. The number of anilines is 1. The molecule has 0 atom stereocenters. The molecule has 6 nitrogen and oxygen atoms in total. The Bertz CT molecular complexity index is 1070. The zero-order valence-corrected chi connectivity index (χ0v) is 17.6. The number of benzene rings is 1. The summed E-state index contributed by atoms with van der Waals surface area (Å²) in [6.45, 7) is 2.13. The van der Waals surface area contributed by atoms with Gasteiger partial charge in [0.25, 0.3) is 0 Å². The van der Waals surface area contributed by atoms with Gasteiger partial charge in [-0.3, -0.25) is 14.6 Å². The molecule has 0 saturated heterocycles. The summed E-state index contributed by atoms with van der Waals surface area (Å²) >= 11 is 0. The van der Waals surface area contributed by atoms with Crippen molar-refractivity contribution in [1.82, 2.24) is 14.9 Å². The highest BCUT2D eigenvalue weighted by Gasteiger charge is 2.12. The van der Waals surface area contributed by atoms with Crippen molar-refractivity contribution < 1.29 is 14.0 Å². The summed E-state index contributed by atoms with van der Waals surface area (Å²) in [5, 5.41) is 0. The largest absolute Gasteiger partial charge is 0.384 e. The highest BCUT2D eigenvalue weighted by molar-refractivity contribution is 5.96. The summed E-state index contributed by atoms with van der Waals surface area (Å²) in [4.78, 5) is 34.0. The van der Waals surface area contributed by atoms with Crippen molar-refractivity contribution >= 4 is 17.5 Å². The SMILES string of the molecule is CCC(=O)N(C)Cc1ccc(-c2ccc(C(=O)CCc3ccc(N)nc3)cn2)c(F)c1. The van der Waals surface area contributed by atoms with Gasteiger partial charge in [0.15, 0.2) is 5.78 Å². The fraction of sp³-hybridized carbons (Fsp3) is 0.250. The minimum absolute atomic E-state index is 0.000866. The molecule has 0 aliphatic rings. The molecule has 0 aliphatic carbocycles. The number of aryl methyl sites for hydroxylation is 1. The summed E-state index contributed by atoms with van der Waals surface area (Å²) in [5.41, 5.74) is 8.47. The van der Waals surface area contributed by atoms with Gasteiger partial charge in [0.05, 0.1) is 5.69 Å². The van der Waals surface area contributed by atoms with Crippen LogP contribution in [0.4, 0.5) is 10.2 Å². The normalized spacial score (nSPS) is 10.7. The number of Topliss-reactive ketones (excluding diaryl/α,β-unsaturated/α-hetero) is 1. The quantitative estimate of drug-likeness (QED) is 0.556. The third-order valence-electron chi connectivity index (χ3n) is 5.03. The molecule has 0 aliphatic heterocycles. The Morgan fingerprint density at radius 3 is 2.42 bits per heavy atom. The van der Waals surface area contributed by atoms with Crippen LogP contribution < -0.4 is 5.73 Å². The third kappa shape index (κ3) is 5.72. The van der Waals surface area contributed by atoms with E-state index in [4.69, 9.17) is 5.73 Å². The second kappa shape index (κ2) is 9.93. The molecule has 1 aromatic carbocycles. The van der Waals surface area contributed by atoms with Crippen LogP contribution in [0, 0.1) is 5.82 Å². The van der Waals surface area contributed by atoms with Crippen molar-refractivity contribution in [3.8, 4) is 11.3 Å². The third-order valence-corrected chi connectivity index (χ3v) is 5.03. The summed E-state index contributed by atoms with van der Waals surface area (Å²) in [7, 11) is 1.69. The molecule has 2 N–H and O–H groups in total. The van der Waals surface area contributed by atoms with E-state index in [2.05, 4.69) is 9.97 Å². The molecular formula is C24H25FN4O2. The molecule has 1 amide bonds. The van der Waals surface area contributed by atoms with Gasteiger partial charge < -0.3 is 10.6 Å². The fourth-order valence-electron chi connectivity index (χ4n) is 3.20. The van der Waals surface area contributed by atoms with E-state index in [1.54, 1.807) is 55.4 Å². The van der Waals surface area contributed by atoms with Crippen molar-refractivity contribution in [3.05, 3.63) is 77.4 Å². The summed E-state index contributed by atoms with van der Waals surface area (Å²) < 4.78 is 14.6. The molecule has 31 heavy (non-hydrogen) atoms. The van der Waals surface area contributed by atoms with Crippen LogP contribution >= 0.6 is 0 Å². The zero-order valence-electron chi connectivity index (χ0n) is 17.6. The molecule has 2 aromatic heterocycles. The standard InChI is InChI=1S/C24H25FN4O2/c1-3-24(31)29(2)15-17-4-8-19(20(25)12-17)21-9-7-18(14-27-21)22(30)10-5-16-6-11-23(26)28-13-16/h4,6-9,11-14H,3,5,10,15H2,1-2H3,(H2,26,28). The van der Waals surface area contributed by atoms with Gasteiger partial charge in [-0.1, -0.05) is 19.1 Å². The number of nitrogen functional groups attached to an aromatic ring is 1. The van der Waals surface area contributed by atoms with Crippen LogP contribution in [0.5, 0.6) is 0 Å². The van der Waals surface area contributed by atoms with E-state index in [1.165, 1.54) is 12.3 Å². The van der Waals surface area contributed by atoms with Crippen LogP contribution in [-0.2, 0) is 17.8 Å². The number of aromatic nitrogens is 2. The second-order valence-electron chi connectivity index (χ2n) is 7.36. The molecule has 7 heteroatoms. The number of hydrogen-bond donors (Lipinski definition) is 1. The Hall–Kier alpha value is -3.61. The van der Waals surface area contributed by atoms with E-state index in [0.717, 1.165) is 5.56 Å². The molecular weight excluding hydrogens is 395 g/mol. The minimum Gasteiger partial charge on any atom is -0.384 e. The number of amides is 1. The summed E-state index contributed by atoms with van der Waals surface area (Å²) in [6, 6.07) is 11.7. The molecule has 3 aromatic rings. The van der Waals surface area contributed by atoms with E-state index in [9.17, 15) is 14.0 Å². The maximum Gasteiger partial charge on any atom is 0.222 e. The van der Waals surface area contributed by atoms with E-state index < -0.39 is 5.82 Å². The Morgan fingerprint density at radius 1 is 1.03 bits per heavy atom. The maximum absolute atomic E-state index is 14.6. The Balaban J connectivity index is 1.65. The Morgan fingerprint density at radius 2 is 1.81 bits per heavy atom. The van der Waals surface area contributed by atoms with Gasteiger partial charge in [0.2, 0.25) is 5.91 Å². The number of rotatable bonds is 8. The molecule has 0 fully saturated rings. The Kier molecular flexibility index (Phi) is 7.07. The predicted octanol–water partition coefficient (Wildman–Crippen LogP) is 4.05. The van der Waals surface area contributed by atoms with Crippen LogP contribution in [0.15, 0.2) is 54.9 Å². The minimum atomic E-state index is -0.419. The van der Waals surface area contributed by atoms with Crippen molar-refractivity contribution in [1.29, 1.82) is 0 Å². The number of carbonyl (C=O) groups excluding carboxylic acids is 2. The van der Waals surface area contributed by atoms with Gasteiger partial charge in [-0.25, -0.2) is 9.37 Å². The first kappa shape index (κ1) is 22.1. The van der Waals surface area contributed by atoms with Crippen LogP contribution in [0.1, 0.15) is 41.3 Å². The summed E-state index contributed by atoms with van der Waals surface area (Å²) in [5.74, 6) is -0.0248. The van der Waals surface area contributed by atoms with Crippen LogP contribution in [0.2, 0.25) is 0 Å². The fourth-order valence-corrected chi connectivity index (χ4v) is 3.20. The first-order valence-corrected chi connectivity index (χ1v) is 10.1. The van der Waals surface area contributed by atoms with Crippen LogP contribution in [0.3, 0.4) is 0 Å². The van der Waals surface area contributed by atoms with Gasteiger partial charge in [0.1, 0.15) is 11.6 Å². The van der Waals surface area contributed by atoms with Crippen molar-refractivity contribution in [2.75, 3.05) is 12.8 Å². The molecule has 2 heterocycles. The monoisotopic (exact) mass is 420 g/mol. The van der Waals surface area contributed by atoms with Gasteiger partial charge in [-0.15, -0.1) is 0 Å². The lowest BCUT2D eigenvalue weighted by Gasteiger charge is -2.16. The predicted molar refractivity (Wildman–Crippen MR) is 118 cm³/mol. The second-order valence-corrected chi connectivity index (χ2v) is 7.36. The lowest BCUT2D eigenvalue weighted by atomic mass is 10.0. The first-order chi connectivity index (χ1) is 14.9. The molecule has 0 bridgehead atoms. The number of ketones is 1. The zero-order chi connectivity index (χ0) is 22.4. The maximum atomic E-state index is 14.6. The smallest absolute Gasteiger partial charge is 0.222 e. The highest BCUT2D eigenvalue weighted by Crippen LogP contribution is 2.23. The highest BCUT2D eigenvalue weighted by atomic mass is 19.1. The summed E-state index contributed by atoms with van der Waals surface area (Å²) in [6.07, 6.45) is 4.41. The molecule has 160 valence electrons. The van der Waals surface area contributed by atoms with Gasteiger partial charge in [-0.2, -0.15) is 0 Å². The molecule has 0 radical (unpaired) electrons. The van der Waals surface area contributed by atoms with E-state index >= 15 is 0 Å². The van der Waals surface area contributed by atoms with Crippen LogP contribution in [0.25, 0.3) is 11.3 Å². The van der Waals surface area contributed by atoms with E-state index in [1.807, 2.05) is 6.07 Å². The van der Waals surface area contributed by atoms with Gasteiger partial charge in [0, 0.05) is 50.0 Å². The number of halogens is 1. The number of hydrogen-bond acceptors (Lipinski definition) is 5. The number of pyridine rings is 2. The van der Waals surface area contributed by atoms with Crippen LogP contribution in [-0.4, -0.2) is 33.6 Å². The van der Waals surface area contributed by atoms with Crippen molar-refractivity contribution in [2.45, 2.75) is 32.7 Å². The van der Waals surface area contributed by atoms with Crippen molar-refractivity contribution in [2.24, 2.45) is 0 Å². The lowest BCUT2D eigenvalue weighted by Crippen LogP contribution is -2.25.